The zero-order valence-corrected chi connectivity index (χ0v) is 10.7. The number of anilines is 1. The van der Waals surface area contributed by atoms with Crippen molar-refractivity contribution in [1.29, 1.82) is 0 Å². The summed E-state index contributed by atoms with van der Waals surface area (Å²) in [5, 5.41) is 12.1. The van der Waals surface area contributed by atoms with Gasteiger partial charge in [0.15, 0.2) is 0 Å². The molecule has 2 rings (SSSR count). The van der Waals surface area contributed by atoms with Crippen LogP contribution in [-0.4, -0.2) is 28.2 Å². The third kappa shape index (κ3) is 3.35. The molecule has 0 radical (unpaired) electrons. The van der Waals surface area contributed by atoms with E-state index < -0.39 is 0 Å². The molecule has 0 spiro atoms. The van der Waals surface area contributed by atoms with Gasteiger partial charge < -0.3 is 20.7 Å². The molecule has 1 saturated carbocycles. The number of nitrogens with one attached hydrogen (secondary N) is 1. The maximum atomic E-state index is 11.9. The minimum absolute atomic E-state index is 0.00858. The van der Waals surface area contributed by atoms with Crippen LogP contribution in [0.3, 0.4) is 0 Å². The predicted molar refractivity (Wildman–Crippen MR) is 71.5 cm³/mol. The van der Waals surface area contributed by atoms with Crippen molar-refractivity contribution in [2.24, 2.45) is 5.92 Å². The Labute approximate surface area is 111 Å². The van der Waals surface area contributed by atoms with Gasteiger partial charge in [-0.05, 0) is 18.9 Å². The number of carbonyl (C=O) groups excluding carboxylic acids is 1. The molecule has 0 aliphatic heterocycles. The number of hydrogen-bond acceptors (Lipinski definition) is 4. The molecule has 6 heteroatoms. The average molecular weight is 265 g/mol. The van der Waals surface area contributed by atoms with Gasteiger partial charge in [-0.25, -0.2) is 0 Å². The van der Waals surface area contributed by atoms with Crippen LogP contribution in [0.25, 0.3) is 0 Å². The van der Waals surface area contributed by atoms with Crippen LogP contribution >= 0.6 is 0 Å². The van der Waals surface area contributed by atoms with Crippen LogP contribution in [-0.2, 0) is 11.3 Å². The van der Waals surface area contributed by atoms with Crippen LogP contribution < -0.4 is 16.6 Å². The summed E-state index contributed by atoms with van der Waals surface area (Å²) in [5.41, 5.74) is 5.78. The van der Waals surface area contributed by atoms with E-state index in [9.17, 15) is 14.7 Å². The number of carbonyl (C=O) groups is 1. The molecule has 6 nitrogen and oxygen atoms in total. The number of nitrogen functional groups attached to an aromatic ring is 1. The molecule has 1 heterocycles. The highest BCUT2D eigenvalue weighted by atomic mass is 16.3. The van der Waals surface area contributed by atoms with Crippen LogP contribution in [0.1, 0.15) is 19.3 Å². The zero-order chi connectivity index (χ0) is 13.8. The zero-order valence-electron chi connectivity index (χ0n) is 10.7. The lowest BCUT2D eigenvalue weighted by molar-refractivity contribution is -0.122. The summed E-state index contributed by atoms with van der Waals surface area (Å²) in [7, 11) is 0. The van der Waals surface area contributed by atoms with Crippen molar-refractivity contribution < 1.29 is 9.90 Å². The Morgan fingerprint density at radius 2 is 2.26 bits per heavy atom. The molecule has 1 aliphatic rings. The van der Waals surface area contributed by atoms with E-state index in [1.165, 1.54) is 22.9 Å². The number of rotatable bonds is 4. The lowest BCUT2D eigenvalue weighted by Crippen LogP contribution is -2.41. The van der Waals surface area contributed by atoms with Gasteiger partial charge in [-0.3, -0.25) is 9.59 Å². The van der Waals surface area contributed by atoms with E-state index >= 15 is 0 Å². The van der Waals surface area contributed by atoms with Crippen molar-refractivity contribution in [1.82, 2.24) is 9.88 Å². The second kappa shape index (κ2) is 5.88. The van der Waals surface area contributed by atoms with Gasteiger partial charge in [-0.1, -0.05) is 6.42 Å². The fourth-order valence-corrected chi connectivity index (χ4v) is 2.53. The highest BCUT2D eigenvalue weighted by molar-refractivity contribution is 5.76. The first kappa shape index (κ1) is 13.6. The standard InChI is InChI=1S/C13H19N3O3/c14-10-4-5-13(19)16(6-10)7-12(18)15-11-3-1-2-9(11)8-17/h4-6,9,11,17H,1-3,7-8,14H2,(H,15,18). The lowest BCUT2D eigenvalue weighted by Gasteiger charge is -2.19. The molecule has 0 bridgehead atoms. The van der Waals surface area contributed by atoms with Gasteiger partial charge in [-0.15, -0.1) is 0 Å². The molecule has 2 atom stereocenters. The minimum atomic E-state index is -0.255. The van der Waals surface area contributed by atoms with E-state index in [1.54, 1.807) is 0 Å². The normalized spacial score (nSPS) is 22.4. The molecule has 19 heavy (non-hydrogen) atoms. The number of aliphatic hydroxyl groups is 1. The Bertz CT molecular complexity index is 512. The molecule has 1 aromatic heterocycles. The second-order valence-corrected chi connectivity index (χ2v) is 4.98. The minimum Gasteiger partial charge on any atom is -0.398 e. The Hall–Kier alpha value is -1.82. The first-order valence-electron chi connectivity index (χ1n) is 6.46. The van der Waals surface area contributed by atoms with Gasteiger partial charge in [0.05, 0.1) is 0 Å². The largest absolute Gasteiger partial charge is 0.398 e. The number of aromatic nitrogens is 1. The van der Waals surface area contributed by atoms with Crippen molar-refractivity contribution in [2.75, 3.05) is 12.3 Å². The summed E-state index contributed by atoms with van der Waals surface area (Å²) in [4.78, 5) is 23.5. The fourth-order valence-electron chi connectivity index (χ4n) is 2.53. The van der Waals surface area contributed by atoms with Crippen LogP contribution in [0.2, 0.25) is 0 Å². The number of nitrogens with two attached hydrogens (primary N) is 1. The molecule has 4 N–H and O–H groups in total. The monoisotopic (exact) mass is 265 g/mol. The third-order valence-electron chi connectivity index (χ3n) is 3.56. The Morgan fingerprint density at radius 3 is 3.00 bits per heavy atom. The highest BCUT2D eigenvalue weighted by Crippen LogP contribution is 2.24. The van der Waals surface area contributed by atoms with Crippen LogP contribution in [0, 0.1) is 5.92 Å². The summed E-state index contributed by atoms with van der Waals surface area (Å²) < 4.78 is 1.29. The summed E-state index contributed by atoms with van der Waals surface area (Å²) in [6.45, 7) is 0.0434. The number of hydrogen-bond donors (Lipinski definition) is 3. The lowest BCUT2D eigenvalue weighted by atomic mass is 10.1. The number of amides is 1. The smallest absolute Gasteiger partial charge is 0.251 e. The molecule has 0 aromatic carbocycles. The quantitative estimate of drug-likeness (QED) is 0.696. The molecular weight excluding hydrogens is 246 g/mol. The van der Waals surface area contributed by atoms with Crippen LogP contribution in [0.4, 0.5) is 5.69 Å². The van der Waals surface area contributed by atoms with E-state index in [1.807, 2.05) is 0 Å². The van der Waals surface area contributed by atoms with Gasteiger partial charge in [0.2, 0.25) is 5.91 Å². The summed E-state index contributed by atoms with van der Waals surface area (Å²) in [6.07, 6.45) is 4.27. The summed E-state index contributed by atoms with van der Waals surface area (Å²) in [5.74, 6) is -0.0976. The number of pyridine rings is 1. The van der Waals surface area contributed by atoms with E-state index in [0.717, 1.165) is 19.3 Å². The first-order valence-corrected chi connectivity index (χ1v) is 6.46. The van der Waals surface area contributed by atoms with E-state index in [2.05, 4.69) is 5.32 Å². The second-order valence-electron chi connectivity index (χ2n) is 4.98. The van der Waals surface area contributed by atoms with Gasteiger partial charge in [0.25, 0.3) is 5.56 Å². The van der Waals surface area contributed by atoms with Gasteiger partial charge >= 0.3 is 0 Å². The number of nitrogens with zero attached hydrogens (tertiary/aromatic N) is 1. The van der Waals surface area contributed by atoms with Crippen LogP contribution in [0.5, 0.6) is 0 Å². The van der Waals surface area contributed by atoms with Crippen LogP contribution in [0.15, 0.2) is 23.1 Å². The molecule has 1 amide bonds. The molecular formula is C13H19N3O3. The first-order chi connectivity index (χ1) is 9.10. The van der Waals surface area contributed by atoms with Crippen molar-refractivity contribution in [3.05, 3.63) is 28.7 Å². The maximum Gasteiger partial charge on any atom is 0.251 e. The van der Waals surface area contributed by atoms with Crippen molar-refractivity contribution in [2.45, 2.75) is 31.8 Å². The third-order valence-corrected chi connectivity index (χ3v) is 3.56. The van der Waals surface area contributed by atoms with Gasteiger partial charge in [0, 0.05) is 36.5 Å². The molecule has 0 saturated heterocycles. The fraction of sp³-hybridized carbons (Fsp3) is 0.538. The Kier molecular flexibility index (Phi) is 4.21. The SMILES string of the molecule is Nc1ccc(=O)n(CC(=O)NC2CCCC2CO)c1. The average Bonchev–Trinajstić information content (AvgIpc) is 2.81. The van der Waals surface area contributed by atoms with Crippen molar-refractivity contribution in [3.63, 3.8) is 0 Å². The maximum absolute atomic E-state index is 11.9. The van der Waals surface area contributed by atoms with E-state index in [4.69, 9.17) is 5.73 Å². The van der Waals surface area contributed by atoms with Gasteiger partial charge in [-0.2, -0.15) is 0 Å². The van der Waals surface area contributed by atoms with Gasteiger partial charge in [0.1, 0.15) is 6.54 Å². The Morgan fingerprint density at radius 1 is 1.47 bits per heavy atom. The molecule has 104 valence electrons. The number of aliphatic hydroxyl groups excluding tert-OH is 1. The van der Waals surface area contributed by atoms with E-state index in [0.29, 0.717) is 5.69 Å². The molecule has 1 fully saturated rings. The molecule has 2 unspecified atom stereocenters. The van der Waals surface area contributed by atoms with Crippen molar-refractivity contribution >= 4 is 11.6 Å². The topological polar surface area (TPSA) is 97.4 Å². The summed E-state index contributed by atoms with van der Waals surface area (Å²) in [6, 6.07) is 2.86. The summed E-state index contributed by atoms with van der Waals surface area (Å²) >= 11 is 0. The Balaban J connectivity index is 1.97. The van der Waals surface area contributed by atoms with E-state index in [-0.39, 0.29) is 36.6 Å². The highest BCUT2D eigenvalue weighted by Gasteiger charge is 2.27. The predicted octanol–water partition coefficient (Wildman–Crippen LogP) is -0.292. The molecule has 1 aromatic rings. The van der Waals surface area contributed by atoms with Crippen molar-refractivity contribution in [3.8, 4) is 0 Å². The molecule has 1 aliphatic carbocycles.